The molecule has 0 N–H and O–H groups in total. The molecule has 1 unspecified atom stereocenters. The van der Waals surface area contributed by atoms with Crippen LogP contribution in [0.25, 0.3) is 0 Å². The minimum absolute atomic E-state index is 0.216. The van der Waals surface area contributed by atoms with E-state index in [4.69, 9.17) is 14.2 Å². The zero-order chi connectivity index (χ0) is 23.4. The lowest BCUT2D eigenvalue weighted by molar-refractivity contribution is -0.147. The minimum atomic E-state index is -0.820. The number of benzene rings is 2. The van der Waals surface area contributed by atoms with Gasteiger partial charge in [0.25, 0.3) is 0 Å². The van der Waals surface area contributed by atoms with Crippen LogP contribution in [-0.2, 0) is 27.3 Å². The van der Waals surface area contributed by atoms with Gasteiger partial charge in [0.05, 0.1) is 13.7 Å². The number of methoxy groups -OCH3 is 1. The molecular formula is C26H33NO5. The van der Waals surface area contributed by atoms with Crippen LogP contribution in [0.1, 0.15) is 53.3 Å². The Labute approximate surface area is 190 Å². The summed E-state index contributed by atoms with van der Waals surface area (Å²) in [6.07, 6.45) is 0.116. The third-order valence-corrected chi connectivity index (χ3v) is 5.77. The van der Waals surface area contributed by atoms with Crippen molar-refractivity contribution < 1.29 is 23.8 Å². The summed E-state index contributed by atoms with van der Waals surface area (Å²) in [7, 11) is 1.33. The number of carbonyl (C=O) groups excluding carboxylic acids is 2. The molecule has 1 aliphatic rings. The SMILES string of the molecule is COC(=O)C1c2ccc(OCc3c(C)cc(C)cc3C)cc2CCN1C(=O)OCC(C)C. The van der Waals surface area contributed by atoms with Crippen LogP contribution in [0.3, 0.4) is 0 Å². The van der Waals surface area contributed by atoms with Crippen molar-refractivity contribution in [1.29, 1.82) is 0 Å². The molecule has 1 aliphatic heterocycles. The molecule has 2 aromatic carbocycles. The first-order valence-electron chi connectivity index (χ1n) is 11.0. The predicted molar refractivity (Wildman–Crippen MR) is 123 cm³/mol. The molecule has 1 amide bonds. The van der Waals surface area contributed by atoms with E-state index in [0.29, 0.717) is 26.2 Å². The number of carbonyl (C=O) groups is 2. The van der Waals surface area contributed by atoms with Gasteiger partial charge in [-0.1, -0.05) is 37.6 Å². The van der Waals surface area contributed by atoms with Crippen LogP contribution in [-0.4, -0.2) is 37.2 Å². The van der Waals surface area contributed by atoms with Crippen molar-refractivity contribution in [3.63, 3.8) is 0 Å². The topological polar surface area (TPSA) is 65.1 Å². The molecule has 0 spiro atoms. The van der Waals surface area contributed by atoms with Gasteiger partial charge in [-0.25, -0.2) is 9.59 Å². The molecule has 0 saturated heterocycles. The fourth-order valence-corrected chi connectivity index (χ4v) is 4.17. The Hall–Kier alpha value is -3.02. The fourth-order valence-electron chi connectivity index (χ4n) is 4.17. The molecule has 1 atom stereocenters. The van der Waals surface area contributed by atoms with Crippen molar-refractivity contribution in [3.05, 3.63) is 63.7 Å². The summed E-state index contributed by atoms with van der Waals surface area (Å²) < 4.78 is 16.5. The van der Waals surface area contributed by atoms with Crippen LogP contribution in [0.4, 0.5) is 4.79 Å². The maximum atomic E-state index is 12.6. The van der Waals surface area contributed by atoms with Gasteiger partial charge in [0.1, 0.15) is 12.4 Å². The van der Waals surface area contributed by atoms with Crippen LogP contribution < -0.4 is 4.74 Å². The fraction of sp³-hybridized carbons (Fsp3) is 0.462. The molecule has 0 radical (unpaired) electrons. The van der Waals surface area contributed by atoms with E-state index >= 15 is 0 Å². The number of ether oxygens (including phenoxy) is 3. The quantitative estimate of drug-likeness (QED) is 0.589. The average Bonchev–Trinajstić information content (AvgIpc) is 2.75. The lowest BCUT2D eigenvalue weighted by Crippen LogP contribution is -2.44. The van der Waals surface area contributed by atoms with Gasteiger partial charge in [-0.3, -0.25) is 4.90 Å². The highest BCUT2D eigenvalue weighted by Crippen LogP contribution is 2.34. The Morgan fingerprint density at radius 2 is 1.78 bits per heavy atom. The first-order chi connectivity index (χ1) is 15.2. The van der Waals surface area contributed by atoms with E-state index in [-0.39, 0.29) is 5.92 Å². The van der Waals surface area contributed by atoms with Gasteiger partial charge in [-0.15, -0.1) is 0 Å². The van der Waals surface area contributed by atoms with E-state index in [0.717, 1.165) is 16.9 Å². The number of nitrogens with zero attached hydrogens (tertiary/aromatic N) is 1. The summed E-state index contributed by atoms with van der Waals surface area (Å²) in [4.78, 5) is 26.7. The molecule has 0 fully saturated rings. The van der Waals surface area contributed by atoms with Crippen LogP contribution in [0.5, 0.6) is 5.75 Å². The number of esters is 1. The number of hydrogen-bond donors (Lipinski definition) is 0. The largest absolute Gasteiger partial charge is 0.489 e. The molecule has 6 nitrogen and oxygen atoms in total. The van der Waals surface area contributed by atoms with E-state index in [1.54, 1.807) is 0 Å². The van der Waals surface area contributed by atoms with Gasteiger partial charge in [-0.2, -0.15) is 0 Å². The summed E-state index contributed by atoms with van der Waals surface area (Å²) in [6.45, 7) is 11.4. The lowest BCUT2D eigenvalue weighted by atomic mass is 9.92. The second-order valence-electron chi connectivity index (χ2n) is 8.87. The van der Waals surface area contributed by atoms with Crippen LogP contribution in [0.15, 0.2) is 30.3 Å². The van der Waals surface area contributed by atoms with Crippen LogP contribution in [0.2, 0.25) is 0 Å². The molecule has 0 saturated carbocycles. The minimum Gasteiger partial charge on any atom is -0.489 e. The van der Waals surface area contributed by atoms with Crippen molar-refractivity contribution in [2.45, 2.75) is 53.7 Å². The summed E-state index contributed by atoms with van der Waals surface area (Å²) in [5.74, 6) is 0.475. The van der Waals surface area contributed by atoms with Crippen LogP contribution >= 0.6 is 0 Å². The molecular weight excluding hydrogens is 406 g/mol. The molecule has 0 aliphatic carbocycles. The normalized spacial score (nSPS) is 15.3. The van der Waals surface area contributed by atoms with E-state index in [1.807, 2.05) is 32.0 Å². The van der Waals surface area contributed by atoms with Crippen molar-refractivity contribution in [3.8, 4) is 5.75 Å². The van der Waals surface area contributed by atoms with Crippen molar-refractivity contribution in [2.24, 2.45) is 5.92 Å². The highest BCUT2D eigenvalue weighted by molar-refractivity contribution is 5.84. The predicted octanol–water partition coefficient (Wildman–Crippen LogP) is 5.06. The Balaban J connectivity index is 1.80. The van der Waals surface area contributed by atoms with Crippen molar-refractivity contribution in [2.75, 3.05) is 20.3 Å². The third-order valence-electron chi connectivity index (χ3n) is 5.77. The van der Waals surface area contributed by atoms with Gasteiger partial charge in [0.2, 0.25) is 0 Å². The van der Waals surface area contributed by atoms with E-state index < -0.39 is 18.1 Å². The molecule has 2 aromatic rings. The molecule has 3 rings (SSSR count). The molecule has 1 heterocycles. The molecule has 0 bridgehead atoms. The standard InChI is InChI=1S/C26H33NO5/c1-16(2)14-32-26(29)27-10-9-20-13-21(7-8-22(20)24(27)25(28)30-6)31-15-23-18(4)11-17(3)12-19(23)5/h7-8,11-13,16,24H,9-10,14-15H2,1-6H3. The Morgan fingerprint density at radius 1 is 1.09 bits per heavy atom. The zero-order valence-corrected chi connectivity index (χ0v) is 19.9. The Morgan fingerprint density at radius 3 is 2.41 bits per heavy atom. The Kier molecular flexibility index (Phi) is 7.44. The van der Waals surface area contributed by atoms with Gasteiger partial charge < -0.3 is 14.2 Å². The molecule has 0 aromatic heterocycles. The molecule has 172 valence electrons. The highest BCUT2D eigenvalue weighted by atomic mass is 16.6. The lowest BCUT2D eigenvalue weighted by Gasteiger charge is -2.35. The summed E-state index contributed by atoms with van der Waals surface area (Å²) >= 11 is 0. The summed E-state index contributed by atoms with van der Waals surface area (Å²) in [6, 6.07) is 9.15. The maximum Gasteiger partial charge on any atom is 0.410 e. The van der Waals surface area contributed by atoms with Gasteiger partial charge in [0.15, 0.2) is 6.04 Å². The zero-order valence-electron chi connectivity index (χ0n) is 19.9. The first kappa shape index (κ1) is 23.6. The monoisotopic (exact) mass is 439 g/mol. The van der Waals surface area contributed by atoms with Gasteiger partial charge >= 0.3 is 12.1 Å². The second-order valence-corrected chi connectivity index (χ2v) is 8.87. The summed E-state index contributed by atoms with van der Waals surface area (Å²) in [5.41, 5.74) is 6.56. The van der Waals surface area contributed by atoms with E-state index in [9.17, 15) is 9.59 Å². The Bertz CT molecular complexity index is 975. The maximum absolute atomic E-state index is 12.6. The van der Waals surface area contributed by atoms with Gasteiger partial charge in [-0.05, 0) is 73.1 Å². The van der Waals surface area contributed by atoms with E-state index in [1.165, 1.54) is 34.3 Å². The first-order valence-corrected chi connectivity index (χ1v) is 11.0. The smallest absolute Gasteiger partial charge is 0.410 e. The van der Waals surface area contributed by atoms with E-state index in [2.05, 4.69) is 32.9 Å². The number of hydrogen-bond acceptors (Lipinski definition) is 5. The molecule has 32 heavy (non-hydrogen) atoms. The number of amides is 1. The average molecular weight is 440 g/mol. The second kappa shape index (κ2) is 10.1. The molecule has 6 heteroatoms. The highest BCUT2D eigenvalue weighted by Gasteiger charge is 2.38. The third kappa shape index (κ3) is 5.23. The number of rotatable bonds is 6. The van der Waals surface area contributed by atoms with Crippen molar-refractivity contribution in [1.82, 2.24) is 4.90 Å². The summed E-state index contributed by atoms with van der Waals surface area (Å²) in [5, 5.41) is 0. The number of fused-ring (bicyclic) bond motifs is 1. The number of aryl methyl sites for hydroxylation is 3. The van der Waals surface area contributed by atoms with Crippen molar-refractivity contribution >= 4 is 12.1 Å². The van der Waals surface area contributed by atoms with Crippen LogP contribution in [0, 0.1) is 26.7 Å². The van der Waals surface area contributed by atoms with Gasteiger partial charge in [0, 0.05) is 6.54 Å².